The first-order valence-electron chi connectivity index (χ1n) is 11.6. The quantitative estimate of drug-likeness (QED) is 0.424. The highest BCUT2D eigenvalue weighted by atomic mass is 19.1. The predicted molar refractivity (Wildman–Crippen MR) is 126 cm³/mol. The molecule has 0 amide bonds. The number of hydrogen-bond acceptors (Lipinski definition) is 7. The monoisotopic (exact) mass is 458 g/mol. The van der Waals surface area contributed by atoms with Gasteiger partial charge in [-0.1, -0.05) is 6.92 Å². The first-order valence-corrected chi connectivity index (χ1v) is 11.6. The molecular weight excluding hydrogens is 435 g/mol. The second kappa shape index (κ2) is 7.10. The minimum atomic E-state index is -0.264. The Labute approximate surface area is 193 Å². The van der Waals surface area contributed by atoms with Crippen LogP contribution in [0.2, 0.25) is 0 Å². The molecule has 2 bridgehead atoms. The molecule has 0 radical (unpaired) electrons. The highest BCUT2D eigenvalue weighted by molar-refractivity contribution is 6.12. The van der Waals surface area contributed by atoms with Crippen LogP contribution in [0.4, 0.5) is 10.2 Å². The second-order valence-corrected chi connectivity index (χ2v) is 9.25. The molecule has 5 aromatic rings. The van der Waals surface area contributed by atoms with Gasteiger partial charge in [-0.25, -0.2) is 13.9 Å². The van der Waals surface area contributed by atoms with E-state index >= 15 is 0 Å². The number of ether oxygens (including phenoxy) is 1. The van der Waals surface area contributed by atoms with Gasteiger partial charge in [-0.2, -0.15) is 15.1 Å². The van der Waals surface area contributed by atoms with Crippen molar-refractivity contribution in [3.8, 4) is 11.8 Å². The Morgan fingerprint density at radius 2 is 2.18 bits per heavy atom. The van der Waals surface area contributed by atoms with Crippen molar-refractivity contribution in [3.63, 3.8) is 0 Å². The van der Waals surface area contributed by atoms with Gasteiger partial charge in [-0.3, -0.25) is 0 Å². The van der Waals surface area contributed by atoms with E-state index in [0.29, 0.717) is 29.8 Å². The summed E-state index contributed by atoms with van der Waals surface area (Å²) in [7, 11) is 0. The van der Waals surface area contributed by atoms with Crippen LogP contribution in [0.5, 0.6) is 11.8 Å². The Morgan fingerprint density at radius 1 is 1.26 bits per heavy atom. The van der Waals surface area contributed by atoms with Crippen LogP contribution in [-0.4, -0.2) is 48.2 Å². The number of nitrogens with one attached hydrogen (secondary N) is 1. The summed E-state index contributed by atoms with van der Waals surface area (Å²) in [6, 6.07) is 5.67. The summed E-state index contributed by atoms with van der Waals surface area (Å²) in [5.74, 6) is 1.40. The van der Waals surface area contributed by atoms with Gasteiger partial charge in [-0.15, -0.1) is 0 Å². The zero-order valence-corrected chi connectivity index (χ0v) is 18.6. The summed E-state index contributed by atoms with van der Waals surface area (Å²) in [5, 5.41) is 5.82. The Hall–Kier alpha value is -3.79. The number of H-pyrrole nitrogens is 1. The highest BCUT2D eigenvalue weighted by Gasteiger charge is 2.44. The Bertz CT molecular complexity index is 1570. The number of fused-ring (bicyclic) bond motifs is 6. The zero-order chi connectivity index (χ0) is 23.0. The van der Waals surface area contributed by atoms with E-state index in [1.165, 1.54) is 0 Å². The average molecular weight is 459 g/mol. The highest BCUT2D eigenvalue weighted by Crippen LogP contribution is 2.43. The van der Waals surface area contributed by atoms with E-state index in [9.17, 15) is 4.39 Å². The third-order valence-corrected chi connectivity index (χ3v) is 7.25. The molecule has 172 valence electrons. The van der Waals surface area contributed by atoms with E-state index < -0.39 is 0 Å². The molecule has 7 rings (SSSR count). The van der Waals surface area contributed by atoms with Crippen LogP contribution in [0.25, 0.3) is 27.6 Å². The number of hydrogen-bond donors (Lipinski definition) is 2. The molecule has 1 aliphatic carbocycles. The number of nitrogens with two attached hydrogens (primary N) is 1. The minimum Gasteiger partial charge on any atom is -0.421 e. The normalized spacial score (nSPS) is 22.0. The number of anilines is 1. The largest absolute Gasteiger partial charge is 0.421 e. The van der Waals surface area contributed by atoms with Crippen molar-refractivity contribution in [2.75, 3.05) is 11.4 Å². The smallest absolute Gasteiger partial charge is 0.326 e. The van der Waals surface area contributed by atoms with Gasteiger partial charge in [0.05, 0.1) is 29.5 Å². The van der Waals surface area contributed by atoms with Crippen molar-refractivity contribution in [1.29, 1.82) is 0 Å². The van der Waals surface area contributed by atoms with Crippen molar-refractivity contribution >= 4 is 33.4 Å². The molecule has 5 heterocycles. The topological polar surface area (TPSA) is 110 Å². The van der Waals surface area contributed by atoms with Gasteiger partial charge in [0.2, 0.25) is 0 Å². The number of aryl methyl sites for hydroxylation is 1. The van der Waals surface area contributed by atoms with E-state index in [4.69, 9.17) is 15.5 Å². The molecule has 3 N–H and O–H groups in total. The number of aromatic nitrogens is 6. The molecule has 3 atom stereocenters. The number of halogens is 1. The maximum Gasteiger partial charge on any atom is 0.326 e. The number of rotatable bonds is 4. The fourth-order valence-corrected chi connectivity index (χ4v) is 5.63. The van der Waals surface area contributed by atoms with Crippen molar-refractivity contribution < 1.29 is 9.13 Å². The fourth-order valence-electron chi connectivity index (χ4n) is 5.63. The number of aromatic amines is 1. The zero-order valence-electron chi connectivity index (χ0n) is 18.6. The standard InChI is InChI=1S/C24H23FN8O/c1-2-12-5-14(25)7-17-20-22(29-21(12)17)30-24(34-16-9-27-19-3-4-28-33(19)11-16)31-23(20)32-10-13-6-15(32)8-18(13)26/h3-5,7,9,11,13,15,18H,2,6,8,10,26H2,1H3,(H,29,30,31)/t13-,15-,18-/m1/s1. The lowest BCUT2D eigenvalue weighted by Crippen LogP contribution is -2.41. The molecule has 9 nitrogen and oxygen atoms in total. The maximum atomic E-state index is 14.5. The summed E-state index contributed by atoms with van der Waals surface area (Å²) in [5.41, 5.74) is 9.44. The lowest BCUT2D eigenvalue weighted by molar-refractivity contribution is 0.435. The SMILES string of the molecule is CCc1cc(F)cc2c1[nH]c1nc(Oc3cnc4ccnn4c3)nc(N3C[C@H]4C[C@@H]3C[C@H]4N)c12. The summed E-state index contributed by atoms with van der Waals surface area (Å²) in [6.07, 6.45) is 7.70. The van der Waals surface area contributed by atoms with E-state index in [1.54, 1.807) is 35.2 Å². The van der Waals surface area contributed by atoms with Gasteiger partial charge < -0.3 is 20.4 Å². The van der Waals surface area contributed by atoms with E-state index in [0.717, 1.165) is 52.7 Å². The fraction of sp³-hybridized carbons (Fsp3) is 0.333. The number of piperidine rings is 1. The second-order valence-electron chi connectivity index (χ2n) is 9.25. The Morgan fingerprint density at radius 3 is 2.97 bits per heavy atom. The van der Waals surface area contributed by atoms with Crippen LogP contribution < -0.4 is 15.4 Å². The first kappa shape index (κ1) is 19.7. The van der Waals surface area contributed by atoms with Gasteiger partial charge >= 0.3 is 6.01 Å². The molecule has 0 spiro atoms. The average Bonchev–Trinajstić information content (AvgIpc) is 3.60. The molecule has 2 aliphatic rings. The van der Waals surface area contributed by atoms with E-state index in [2.05, 4.69) is 25.0 Å². The van der Waals surface area contributed by atoms with Crippen LogP contribution in [0, 0.1) is 11.7 Å². The lowest BCUT2D eigenvalue weighted by atomic mass is 10.0. The molecule has 1 saturated carbocycles. The maximum absolute atomic E-state index is 14.5. The predicted octanol–water partition coefficient (Wildman–Crippen LogP) is 3.57. The summed E-state index contributed by atoms with van der Waals surface area (Å²) >= 11 is 0. The van der Waals surface area contributed by atoms with Crippen LogP contribution in [0.1, 0.15) is 25.3 Å². The summed E-state index contributed by atoms with van der Waals surface area (Å²) in [6.45, 7) is 2.83. The third kappa shape index (κ3) is 2.88. The molecule has 1 aliphatic heterocycles. The molecule has 1 aromatic carbocycles. The molecular formula is C24H23FN8O. The van der Waals surface area contributed by atoms with Gasteiger partial charge in [-0.05, 0) is 42.9 Å². The number of benzene rings is 1. The van der Waals surface area contributed by atoms with Crippen LogP contribution in [-0.2, 0) is 6.42 Å². The van der Waals surface area contributed by atoms with E-state index in [1.807, 2.05) is 13.0 Å². The van der Waals surface area contributed by atoms with Crippen molar-refractivity contribution in [2.45, 2.75) is 38.3 Å². The lowest BCUT2D eigenvalue weighted by Gasteiger charge is -2.31. The van der Waals surface area contributed by atoms with Crippen molar-refractivity contribution in [1.82, 2.24) is 29.5 Å². The van der Waals surface area contributed by atoms with Gasteiger partial charge in [0, 0.05) is 30.1 Å². The van der Waals surface area contributed by atoms with Gasteiger partial charge in [0.15, 0.2) is 11.4 Å². The van der Waals surface area contributed by atoms with Crippen molar-refractivity contribution in [3.05, 3.63) is 48.2 Å². The third-order valence-electron chi connectivity index (χ3n) is 7.25. The Balaban J connectivity index is 1.41. The van der Waals surface area contributed by atoms with Gasteiger partial charge in [0.25, 0.3) is 0 Å². The number of nitrogens with zero attached hydrogens (tertiary/aromatic N) is 6. The van der Waals surface area contributed by atoms with Crippen LogP contribution >= 0.6 is 0 Å². The minimum absolute atomic E-state index is 0.202. The van der Waals surface area contributed by atoms with Crippen LogP contribution in [0.3, 0.4) is 0 Å². The van der Waals surface area contributed by atoms with Crippen LogP contribution in [0.15, 0.2) is 36.8 Å². The molecule has 34 heavy (non-hydrogen) atoms. The molecule has 0 unspecified atom stereocenters. The summed E-state index contributed by atoms with van der Waals surface area (Å²) in [4.78, 5) is 19.6. The first-order chi connectivity index (χ1) is 16.6. The molecule has 1 saturated heterocycles. The molecule has 4 aromatic heterocycles. The van der Waals surface area contributed by atoms with Gasteiger partial charge in [0.1, 0.15) is 17.3 Å². The van der Waals surface area contributed by atoms with E-state index in [-0.39, 0.29) is 17.9 Å². The summed E-state index contributed by atoms with van der Waals surface area (Å²) < 4.78 is 22.2. The Kier molecular flexibility index (Phi) is 4.11. The van der Waals surface area contributed by atoms with Crippen molar-refractivity contribution in [2.24, 2.45) is 11.7 Å². The molecule has 10 heteroatoms. The molecule has 2 fully saturated rings.